The molecule has 1 saturated heterocycles. The number of rotatable bonds is 4. The maximum absolute atomic E-state index is 12.5. The minimum atomic E-state index is 0.189. The van der Waals surface area contributed by atoms with Gasteiger partial charge in [-0.2, -0.15) is 0 Å². The van der Waals surface area contributed by atoms with Crippen molar-refractivity contribution < 1.29 is 9.59 Å². The molecule has 0 spiro atoms. The lowest BCUT2D eigenvalue weighted by molar-refractivity contribution is -0.139. The van der Waals surface area contributed by atoms with Gasteiger partial charge in [-0.15, -0.1) is 0 Å². The van der Waals surface area contributed by atoms with Crippen LogP contribution in [0.4, 0.5) is 0 Å². The van der Waals surface area contributed by atoms with Crippen molar-refractivity contribution in [2.75, 3.05) is 13.1 Å². The minimum Gasteiger partial charge on any atom is -0.342 e. The second kappa shape index (κ2) is 14.3. The first kappa shape index (κ1) is 24.1. The van der Waals surface area contributed by atoms with E-state index in [1.165, 1.54) is 12.8 Å². The van der Waals surface area contributed by atoms with Crippen LogP contribution in [0.3, 0.4) is 0 Å². The lowest BCUT2D eigenvalue weighted by Gasteiger charge is -2.34. The minimum absolute atomic E-state index is 0.189. The van der Waals surface area contributed by atoms with Crippen LogP contribution in [0, 0.1) is 17.8 Å². The van der Waals surface area contributed by atoms with Crippen LogP contribution in [0.1, 0.15) is 99.3 Å². The summed E-state index contributed by atoms with van der Waals surface area (Å²) in [6, 6.07) is 0. The number of ketones is 1. The topological polar surface area (TPSA) is 37.4 Å². The molecule has 1 heterocycles. The molecule has 1 unspecified atom stereocenters. The fraction of sp³-hybridized carbons (Fsp3) is 0.909. The van der Waals surface area contributed by atoms with Crippen LogP contribution in [-0.4, -0.2) is 29.7 Å². The number of likely N-dealkylation sites (tertiary alicyclic amines) is 1. The third-order valence-corrected chi connectivity index (χ3v) is 5.24. The van der Waals surface area contributed by atoms with Crippen LogP contribution in [0.25, 0.3) is 0 Å². The molecule has 2 rings (SSSR count). The van der Waals surface area contributed by atoms with Crippen molar-refractivity contribution in [3.8, 4) is 0 Å². The van der Waals surface area contributed by atoms with Crippen molar-refractivity contribution in [2.45, 2.75) is 99.3 Å². The normalized spacial score (nSPS) is 24.2. The molecule has 1 aliphatic heterocycles. The number of amides is 1. The van der Waals surface area contributed by atoms with Gasteiger partial charge in [0.15, 0.2) is 0 Å². The van der Waals surface area contributed by atoms with E-state index in [2.05, 4.69) is 25.7 Å². The molecule has 25 heavy (non-hydrogen) atoms. The van der Waals surface area contributed by atoms with Crippen molar-refractivity contribution in [3.05, 3.63) is 0 Å². The zero-order valence-corrected chi connectivity index (χ0v) is 17.8. The first-order chi connectivity index (χ1) is 12.0. The number of hydrogen-bond acceptors (Lipinski definition) is 2. The van der Waals surface area contributed by atoms with Crippen LogP contribution in [0.15, 0.2) is 0 Å². The van der Waals surface area contributed by atoms with Crippen LogP contribution in [-0.2, 0) is 9.59 Å². The highest BCUT2D eigenvalue weighted by molar-refractivity contribution is 5.84. The summed E-state index contributed by atoms with van der Waals surface area (Å²) in [7, 11) is 0. The number of hydrogen-bond donors (Lipinski definition) is 0. The molecule has 0 N–H and O–H groups in total. The molecule has 1 amide bonds. The van der Waals surface area contributed by atoms with E-state index in [9.17, 15) is 9.59 Å². The van der Waals surface area contributed by atoms with Gasteiger partial charge in [0.2, 0.25) is 5.91 Å². The smallest absolute Gasteiger partial charge is 0.225 e. The van der Waals surface area contributed by atoms with Gasteiger partial charge in [-0.3, -0.25) is 9.59 Å². The molecule has 1 aliphatic carbocycles. The van der Waals surface area contributed by atoms with Gasteiger partial charge < -0.3 is 4.90 Å². The van der Waals surface area contributed by atoms with Gasteiger partial charge in [0.1, 0.15) is 5.78 Å². The lowest BCUT2D eigenvalue weighted by atomic mass is 9.76. The third-order valence-electron chi connectivity index (χ3n) is 5.24. The summed E-state index contributed by atoms with van der Waals surface area (Å²) in [5.74, 6) is 1.38. The van der Waals surface area contributed by atoms with Crippen molar-refractivity contribution >= 4 is 11.7 Å². The standard InChI is InChI=1S/C17H29NO2.C3H8.C2H6/c1-3-13(2)16(19)14-7-9-15(10-8-14)17(20)18-11-5-4-6-12-18;1-3-2;1-2/h13-15H,3-12H2,1-2H3;3H2,1-2H3;1-2H3. The number of carbonyl (C=O) groups excluding carboxylic acids is 2. The summed E-state index contributed by atoms with van der Waals surface area (Å²) >= 11 is 0. The molecule has 0 aromatic carbocycles. The van der Waals surface area contributed by atoms with Gasteiger partial charge in [-0.05, 0) is 51.4 Å². The van der Waals surface area contributed by atoms with Gasteiger partial charge in [0.25, 0.3) is 0 Å². The van der Waals surface area contributed by atoms with Crippen LogP contribution in [0.2, 0.25) is 0 Å². The molecule has 2 fully saturated rings. The molecule has 2 aliphatic rings. The van der Waals surface area contributed by atoms with Gasteiger partial charge in [-0.25, -0.2) is 0 Å². The molecule has 3 heteroatoms. The van der Waals surface area contributed by atoms with Gasteiger partial charge in [0, 0.05) is 30.8 Å². The third kappa shape index (κ3) is 8.37. The maximum Gasteiger partial charge on any atom is 0.225 e. The van der Waals surface area contributed by atoms with E-state index in [4.69, 9.17) is 0 Å². The number of piperidine rings is 1. The van der Waals surface area contributed by atoms with Crippen LogP contribution >= 0.6 is 0 Å². The van der Waals surface area contributed by atoms with Crippen LogP contribution in [0.5, 0.6) is 0 Å². The molecular formula is C22H43NO2. The summed E-state index contributed by atoms with van der Waals surface area (Å²) in [6.07, 6.45) is 9.46. The Bertz CT molecular complexity index is 353. The predicted molar refractivity (Wildman–Crippen MR) is 108 cm³/mol. The second-order valence-electron chi connectivity index (χ2n) is 7.35. The first-order valence-corrected chi connectivity index (χ1v) is 10.9. The summed E-state index contributed by atoms with van der Waals surface area (Å²) in [5.41, 5.74) is 0. The zero-order valence-electron chi connectivity index (χ0n) is 17.8. The van der Waals surface area contributed by atoms with Crippen molar-refractivity contribution in [2.24, 2.45) is 17.8 Å². The lowest BCUT2D eigenvalue weighted by Crippen LogP contribution is -2.41. The van der Waals surface area contributed by atoms with Crippen molar-refractivity contribution in [1.29, 1.82) is 0 Å². The van der Waals surface area contributed by atoms with Gasteiger partial charge >= 0.3 is 0 Å². The molecule has 3 nitrogen and oxygen atoms in total. The van der Waals surface area contributed by atoms with Crippen LogP contribution < -0.4 is 0 Å². The Hall–Kier alpha value is -0.860. The molecular weight excluding hydrogens is 310 g/mol. The number of nitrogens with zero attached hydrogens (tertiary/aromatic N) is 1. The highest BCUT2D eigenvalue weighted by atomic mass is 16.2. The van der Waals surface area contributed by atoms with E-state index in [1.807, 2.05) is 20.8 Å². The van der Waals surface area contributed by atoms with Crippen molar-refractivity contribution in [3.63, 3.8) is 0 Å². The van der Waals surface area contributed by atoms with Gasteiger partial charge in [0.05, 0.1) is 0 Å². The zero-order chi connectivity index (χ0) is 19.2. The highest BCUT2D eigenvalue weighted by Gasteiger charge is 2.33. The fourth-order valence-corrected chi connectivity index (χ4v) is 3.60. The van der Waals surface area contributed by atoms with E-state index >= 15 is 0 Å². The Balaban J connectivity index is 0.00000104. The number of carbonyl (C=O) groups is 2. The van der Waals surface area contributed by atoms with E-state index in [0.29, 0.717) is 11.7 Å². The molecule has 148 valence electrons. The Morgan fingerprint density at radius 2 is 1.32 bits per heavy atom. The van der Waals surface area contributed by atoms with E-state index < -0.39 is 0 Å². The fourth-order valence-electron chi connectivity index (χ4n) is 3.60. The van der Waals surface area contributed by atoms with Crippen molar-refractivity contribution in [1.82, 2.24) is 4.90 Å². The first-order valence-electron chi connectivity index (χ1n) is 10.9. The number of Topliss-reactive ketones (excluding diaryl/α,β-unsaturated/α-hetero) is 1. The Kier molecular flexibility index (Phi) is 13.8. The quantitative estimate of drug-likeness (QED) is 0.634. The Labute approximate surface area is 156 Å². The second-order valence-corrected chi connectivity index (χ2v) is 7.35. The largest absolute Gasteiger partial charge is 0.342 e. The molecule has 1 saturated carbocycles. The molecule has 1 atom stereocenters. The monoisotopic (exact) mass is 353 g/mol. The molecule has 0 aromatic heterocycles. The molecule has 0 aromatic rings. The Morgan fingerprint density at radius 1 is 0.880 bits per heavy atom. The maximum atomic E-state index is 12.5. The van der Waals surface area contributed by atoms with E-state index in [-0.39, 0.29) is 17.8 Å². The SMILES string of the molecule is CC.CCC.CCC(C)C(=O)C1CCC(C(=O)N2CCCCC2)CC1. The Morgan fingerprint density at radius 3 is 1.76 bits per heavy atom. The molecule has 0 radical (unpaired) electrons. The summed E-state index contributed by atoms with van der Waals surface area (Å²) in [5, 5.41) is 0. The summed E-state index contributed by atoms with van der Waals surface area (Å²) in [6.45, 7) is 14.3. The highest BCUT2D eigenvalue weighted by Crippen LogP contribution is 2.33. The molecule has 0 bridgehead atoms. The average Bonchev–Trinajstić information content (AvgIpc) is 2.69. The predicted octanol–water partition coefficient (Wildman–Crippen LogP) is 5.86. The van der Waals surface area contributed by atoms with Gasteiger partial charge in [-0.1, -0.05) is 48.0 Å². The summed E-state index contributed by atoms with van der Waals surface area (Å²) in [4.78, 5) is 26.7. The van der Waals surface area contributed by atoms with E-state index in [1.54, 1.807) is 0 Å². The summed E-state index contributed by atoms with van der Waals surface area (Å²) < 4.78 is 0. The average molecular weight is 354 g/mol. The van der Waals surface area contributed by atoms with E-state index in [0.717, 1.165) is 58.0 Å².